The summed E-state index contributed by atoms with van der Waals surface area (Å²) in [5.41, 5.74) is 4.30. The Bertz CT molecular complexity index is 918. The maximum absolute atomic E-state index is 12.7. The minimum Gasteiger partial charge on any atom is -0.411 e. The van der Waals surface area contributed by atoms with Gasteiger partial charge >= 0.3 is 0 Å². The van der Waals surface area contributed by atoms with Gasteiger partial charge in [0.2, 0.25) is 11.8 Å². The van der Waals surface area contributed by atoms with Crippen LogP contribution in [0.25, 0.3) is 11.5 Å². The number of thioether (sulfide) groups is 1. The lowest BCUT2D eigenvalue weighted by Gasteiger charge is -2.26. The zero-order chi connectivity index (χ0) is 20.1. The van der Waals surface area contributed by atoms with E-state index in [2.05, 4.69) is 16.3 Å². The molecule has 0 aliphatic carbocycles. The molecule has 0 radical (unpaired) electrons. The number of carbonyl (C=O) groups is 1. The molecule has 6 heteroatoms. The number of nitrogens with zero attached hydrogens (tertiary/aromatic N) is 3. The number of rotatable bonds is 7. The Balaban J connectivity index is 1.64. The van der Waals surface area contributed by atoms with Crippen LogP contribution >= 0.6 is 11.8 Å². The van der Waals surface area contributed by atoms with E-state index in [9.17, 15) is 4.79 Å². The standard InChI is InChI=1S/C22H25N3O2S/c1-15(2)25(13-18-8-6-5-7-9-18)20(26)14-28-22-24-23-21(27-22)19-11-16(3)10-17(4)12-19/h5-12,15H,13-14H2,1-4H3. The fourth-order valence-corrected chi connectivity index (χ4v) is 3.68. The maximum atomic E-state index is 12.7. The Morgan fingerprint density at radius 3 is 2.39 bits per heavy atom. The third kappa shape index (κ3) is 5.23. The highest BCUT2D eigenvalue weighted by atomic mass is 32.2. The van der Waals surface area contributed by atoms with E-state index < -0.39 is 0 Å². The van der Waals surface area contributed by atoms with Crippen LogP contribution in [0, 0.1) is 13.8 Å². The third-order valence-electron chi connectivity index (χ3n) is 4.33. The van der Waals surface area contributed by atoms with Crippen LogP contribution in [0.1, 0.15) is 30.5 Å². The Morgan fingerprint density at radius 1 is 1.07 bits per heavy atom. The molecule has 0 fully saturated rings. The molecule has 0 saturated carbocycles. The molecule has 0 N–H and O–H groups in total. The van der Waals surface area contributed by atoms with Gasteiger partial charge in [-0.3, -0.25) is 4.79 Å². The van der Waals surface area contributed by atoms with Crippen molar-refractivity contribution >= 4 is 17.7 Å². The van der Waals surface area contributed by atoms with E-state index in [1.807, 2.05) is 75.1 Å². The van der Waals surface area contributed by atoms with Crippen molar-refractivity contribution in [2.24, 2.45) is 0 Å². The number of aromatic nitrogens is 2. The van der Waals surface area contributed by atoms with Crippen LogP contribution in [-0.2, 0) is 11.3 Å². The van der Waals surface area contributed by atoms with Crippen LogP contribution in [0.3, 0.4) is 0 Å². The van der Waals surface area contributed by atoms with Crippen LogP contribution in [0.5, 0.6) is 0 Å². The predicted octanol–water partition coefficient (Wildman–Crippen LogP) is 4.88. The molecule has 3 rings (SSSR count). The Hall–Kier alpha value is -2.60. The number of aryl methyl sites for hydroxylation is 2. The van der Waals surface area contributed by atoms with Crippen molar-refractivity contribution in [1.82, 2.24) is 15.1 Å². The first-order chi connectivity index (χ1) is 13.4. The molecule has 146 valence electrons. The summed E-state index contributed by atoms with van der Waals surface area (Å²) in [6.07, 6.45) is 0. The van der Waals surface area contributed by atoms with Gasteiger partial charge in [-0.05, 0) is 45.4 Å². The number of amides is 1. The van der Waals surface area contributed by atoms with E-state index in [0.29, 0.717) is 17.7 Å². The van der Waals surface area contributed by atoms with Gasteiger partial charge in [0, 0.05) is 18.2 Å². The SMILES string of the molecule is Cc1cc(C)cc(-c2nnc(SCC(=O)N(Cc3ccccc3)C(C)C)o2)c1. The predicted molar refractivity (Wildman–Crippen MR) is 112 cm³/mol. The highest BCUT2D eigenvalue weighted by molar-refractivity contribution is 7.99. The van der Waals surface area contributed by atoms with E-state index in [4.69, 9.17) is 4.42 Å². The minimum absolute atomic E-state index is 0.0509. The first kappa shape index (κ1) is 20.1. The normalized spacial score (nSPS) is 11.0. The fraction of sp³-hybridized carbons (Fsp3) is 0.318. The van der Waals surface area contributed by atoms with Crippen LogP contribution in [-0.4, -0.2) is 32.8 Å². The topological polar surface area (TPSA) is 59.2 Å². The Kier molecular flexibility index (Phi) is 6.52. The van der Waals surface area contributed by atoms with E-state index in [-0.39, 0.29) is 17.7 Å². The average Bonchev–Trinajstić information content (AvgIpc) is 3.13. The molecule has 0 aliphatic rings. The summed E-state index contributed by atoms with van der Waals surface area (Å²) in [5, 5.41) is 8.63. The fourth-order valence-electron chi connectivity index (χ4n) is 3.03. The van der Waals surface area contributed by atoms with Gasteiger partial charge in [-0.15, -0.1) is 10.2 Å². The molecule has 0 saturated heterocycles. The highest BCUT2D eigenvalue weighted by Crippen LogP contribution is 2.25. The number of carbonyl (C=O) groups excluding carboxylic acids is 1. The molecule has 1 aromatic heterocycles. The van der Waals surface area contributed by atoms with Crippen molar-refractivity contribution in [3.8, 4) is 11.5 Å². The van der Waals surface area contributed by atoms with Gasteiger partial charge in [-0.2, -0.15) is 0 Å². The smallest absolute Gasteiger partial charge is 0.277 e. The van der Waals surface area contributed by atoms with E-state index >= 15 is 0 Å². The van der Waals surface area contributed by atoms with E-state index in [0.717, 1.165) is 22.3 Å². The van der Waals surface area contributed by atoms with Gasteiger partial charge in [0.15, 0.2) is 0 Å². The second kappa shape index (κ2) is 9.06. The second-order valence-electron chi connectivity index (χ2n) is 7.14. The largest absolute Gasteiger partial charge is 0.411 e. The zero-order valence-corrected chi connectivity index (χ0v) is 17.5. The monoisotopic (exact) mass is 395 g/mol. The number of benzene rings is 2. The summed E-state index contributed by atoms with van der Waals surface area (Å²) < 4.78 is 5.76. The number of hydrogen-bond donors (Lipinski definition) is 0. The van der Waals surface area contributed by atoms with E-state index in [1.165, 1.54) is 11.8 Å². The van der Waals surface area contributed by atoms with Gasteiger partial charge in [-0.25, -0.2) is 0 Å². The molecule has 28 heavy (non-hydrogen) atoms. The van der Waals surface area contributed by atoms with Crippen molar-refractivity contribution in [3.05, 3.63) is 65.2 Å². The van der Waals surface area contributed by atoms with Crippen LogP contribution in [0.15, 0.2) is 58.2 Å². The van der Waals surface area contributed by atoms with Gasteiger partial charge in [0.1, 0.15) is 0 Å². The molecule has 0 bridgehead atoms. The lowest BCUT2D eigenvalue weighted by atomic mass is 10.1. The molecule has 0 spiro atoms. The van der Waals surface area contributed by atoms with Gasteiger partial charge in [-0.1, -0.05) is 59.3 Å². The lowest BCUT2D eigenvalue weighted by Crippen LogP contribution is -2.37. The molecule has 1 heterocycles. The first-order valence-electron chi connectivity index (χ1n) is 9.30. The van der Waals surface area contributed by atoms with Crippen molar-refractivity contribution in [3.63, 3.8) is 0 Å². The molecule has 1 amide bonds. The molecular weight excluding hydrogens is 370 g/mol. The Labute approximate surface area is 170 Å². The van der Waals surface area contributed by atoms with E-state index in [1.54, 1.807) is 0 Å². The second-order valence-corrected chi connectivity index (χ2v) is 8.07. The molecule has 0 aliphatic heterocycles. The van der Waals surface area contributed by atoms with Crippen molar-refractivity contribution < 1.29 is 9.21 Å². The first-order valence-corrected chi connectivity index (χ1v) is 10.3. The van der Waals surface area contributed by atoms with Gasteiger partial charge < -0.3 is 9.32 Å². The van der Waals surface area contributed by atoms with Gasteiger partial charge in [0.05, 0.1) is 5.75 Å². The zero-order valence-electron chi connectivity index (χ0n) is 16.7. The quantitative estimate of drug-likeness (QED) is 0.534. The third-order valence-corrected chi connectivity index (χ3v) is 5.14. The van der Waals surface area contributed by atoms with Crippen LogP contribution in [0.4, 0.5) is 0 Å². The minimum atomic E-state index is 0.0509. The molecular formula is C22H25N3O2S. The van der Waals surface area contributed by atoms with Gasteiger partial charge in [0.25, 0.3) is 5.22 Å². The lowest BCUT2D eigenvalue weighted by molar-refractivity contribution is -0.130. The summed E-state index contributed by atoms with van der Waals surface area (Å²) in [6.45, 7) is 8.71. The molecule has 2 aromatic carbocycles. The summed E-state index contributed by atoms with van der Waals surface area (Å²) in [4.78, 5) is 14.6. The Morgan fingerprint density at radius 2 is 1.75 bits per heavy atom. The van der Waals surface area contributed by atoms with Crippen molar-refractivity contribution in [2.45, 2.75) is 45.5 Å². The van der Waals surface area contributed by atoms with Crippen molar-refractivity contribution in [2.75, 3.05) is 5.75 Å². The maximum Gasteiger partial charge on any atom is 0.277 e. The molecule has 0 atom stereocenters. The molecule has 0 unspecified atom stereocenters. The summed E-state index contributed by atoms with van der Waals surface area (Å²) in [5.74, 6) is 0.793. The molecule has 5 nitrogen and oxygen atoms in total. The summed E-state index contributed by atoms with van der Waals surface area (Å²) in [7, 11) is 0. The van der Waals surface area contributed by atoms with Crippen LogP contribution in [0.2, 0.25) is 0 Å². The average molecular weight is 396 g/mol. The molecule has 3 aromatic rings. The summed E-state index contributed by atoms with van der Waals surface area (Å²) in [6, 6.07) is 16.3. The highest BCUT2D eigenvalue weighted by Gasteiger charge is 2.19. The number of hydrogen-bond acceptors (Lipinski definition) is 5. The summed E-state index contributed by atoms with van der Waals surface area (Å²) >= 11 is 1.28. The van der Waals surface area contributed by atoms with Crippen molar-refractivity contribution in [1.29, 1.82) is 0 Å². The van der Waals surface area contributed by atoms with Crippen LogP contribution < -0.4 is 0 Å².